The number of allylic oxidation sites excluding steroid dienone is 1. The normalized spacial score (nSPS) is 12.2. The Kier molecular flexibility index (Phi) is 10.5. The molecule has 186 valence electrons. The van der Waals surface area contributed by atoms with E-state index in [-0.39, 0.29) is 19.0 Å². The monoisotopic (exact) mass is 519 g/mol. The first-order valence-electron chi connectivity index (χ1n) is 11.9. The van der Waals surface area contributed by atoms with Crippen LogP contribution in [0.15, 0.2) is 95.2 Å². The molecular formula is C30H30ClNO3S. The van der Waals surface area contributed by atoms with Crippen LogP contribution in [0.25, 0.3) is 0 Å². The average Bonchev–Trinajstić information content (AvgIpc) is 2.89. The number of nitriles is 1. The zero-order valence-corrected chi connectivity index (χ0v) is 22.0. The molecule has 0 heterocycles. The molecular weight excluding hydrogens is 490 g/mol. The van der Waals surface area contributed by atoms with Crippen LogP contribution in [-0.2, 0) is 22.6 Å². The number of aryl methyl sites for hydroxylation is 1. The van der Waals surface area contributed by atoms with Gasteiger partial charge in [0.25, 0.3) is 0 Å². The van der Waals surface area contributed by atoms with Gasteiger partial charge in [0.15, 0.2) is 0 Å². The van der Waals surface area contributed by atoms with Crippen LogP contribution in [0.3, 0.4) is 0 Å². The van der Waals surface area contributed by atoms with E-state index in [9.17, 15) is 10.1 Å². The predicted molar refractivity (Wildman–Crippen MR) is 145 cm³/mol. The second-order valence-electron chi connectivity index (χ2n) is 8.41. The van der Waals surface area contributed by atoms with E-state index in [0.717, 1.165) is 26.7 Å². The lowest BCUT2D eigenvalue weighted by molar-refractivity contribution is -0.155. The van der Waals surface area contributed by atoms with Crippen molar-refractivity contribution in [3.05, 3.63) is 102 Å². The first-order chi connectivity index (χ1) is 17.5. The third-order valence-electron chi connectivity index (χ3n) is 5.88. The summed E-state index contributed by atoms with van der Waals surface area (Å²) in [6.45, 7) is 6.34. The van der Waals surface area contributed by atoms with Crippen molar-refractivity contribution in [2.24, 2.45) is 5.41 Å². The zero-order valence-electron chi connectivity index (χ0n) is 20.4. The van der Waals surface area contributed by atoms with Gasteiger partial charge in [-0.05, 0) is 67.6 Å². The van der Waals surface area contributed by atoms with Gasteiger partial charge in [-0.15, -0.1) is 6.58 Å². The van der Waals surface area contributed by atoms with Gasteiger partial charge < -0.3 is 9.47 Å². The van der Waals surface area contributed by atoms with E-state index >= 15 is 0 Å². The van der Waals surface area contributed by atoms with Crippen LogP contribution < -0.4 is 4.74 Å². The van der Waals surface area contributed by atoms with Crippen molar-refractivity contribution in [3.8, 4) is 11.8 Å². The minimum atomic E-state index is -0.922. The van der Waals surface area contributed by atoms with Crippen molar-refractivity contribution in [1.29, 1.82) is 5.26 Å². The fourth-order valence-electron chi connectivity index (χ4n) is 3.91. The van der Waals surface area contributed by atoms with Gasteiger partial charge in [-0.25, -0.2) is 0 Å². The van der Waals surface area contributed by atoms with Gasteiger partial charge in [0.05, 0.1) is 29.5 Å². The molecule has 0 fully saturated rings. The molecule has 0 radical (unpaired) electrons. The lowest BCUT2D eigenvalue weighted by atomic mass is 9.76. The molecule has 1 atom stereocenters. The van der Waals surface area contributed by atoms with Crippen molar-refractivity contribution in [2.75, 3.05) is 6.61 Å². The number of carbonyl (C=O) groups excluding carboxylic acids is 1. The molecule has 1 unspecified atom stereocenters. The van der Waals surface area contributed by atoms with Crippen LogP contribution in [0, 0.1) is 16.7 Å². The number of hydrogen-bond donors (Lipinski definition) is 0. The van der Waals surface area contributed by atoms with Crippen molar-refractivity contribution in [2.45, 2.75) is 49.0 Å². The maximum absolute atomic E-state index is 12.7. The Morgan fingerprint density at radius 2 is 1.86 bits per heavy atom. The molecule has 3 aromatic carbocycles. The van der Waals surface area contributed by atoms with E-state index < -0.39 is 5.41 Å². The van der Waals surface area contributed by atoms with Crippen LogP contribution in [0.5, 0.6) is 5.75 Å². The number of carbonyl (C=O) groups is 1. The van der Waals surface area contributed by atoms with Crippen LogP contribution in [0.2, 0.25) is 5.02 Å². The Bertz CT molecular complexity index is 1190. The summed E-state index contributed by atoms with van der Waals surface area (Å²) in [4.78, 5) is 14.7. The Hall–Kier alpha value is -3.20. The Balaban J connectivity index is 1.68. The van der Waals surface area contributed by atoms with Gasteiger partial charge in [-0.3, -0.25) is 4.79 Å². The lowest BCUT2D eigenvalue weighted by Gasteiger charge is -2.28. The minimum absolute atomic E-state index is 0.0720. The standard InChI is InChI=1S/C30H30ClNO3S/c1-3-18-30(20-21-32,29(33)34-4-2)19-17-24-11-8-12-27(28(24)31)36-26-15-13-25(14-16-26)35-22-23-9-6-5-7-10-23/h3,5-16H,1,4,17-20,22H2,2H3. The fraction of sp³-hybridized carbons (Fsp3) is 0.267. The zero-order chi connectivity index (χ0) is 25.8. The molecule has 0 N–H and O–H groups in total. The first kappa shape index (κ1) is 27.4. The molecule has 0 saturated carbocycles. The Morgan fingerprint density at radius 3 is 2.53 bits per heavy atom. The number of esters is 1. The van der Waals surface area contributed by atoms with E-state index in [1.165, 1.54) is 0 Å². The van der Waals surface area contributed by atoms with E-state index in [1.807, 2.05) is 72.8 Å². The molecule has 0 amide bonds. The fourth-order valence-corrected chi connectivity index (χ4v) is 5.14. The second kappa shape index (κ2) is 13.8. The molecule has 4 nitrogen and oxygen atoms in total. The van der Waals surface area contributed by atoms with Crippen molar-refractivity contribution >= 4 is 29.3 Å². The third kappa shape index (κ3) is 7.40. The highest BCUT2D eigenvalue weighted by Gasteiger charge is 2.38. The van der Waals surface area contributed by atoms with Gasteiger partial charge in [-0.1, -0.05) is 71.9 Å². The SMILES string of the molecule is C=CCC(CC#N)(CCc1cccc(Sc2ccc(OCc3ccccc3)cc2)c1Cl)C(=O)OCC. The van der Waals surface area contributed by atoms with E-state index in [2.05, 4.69) is 12.6 Å². The molecule has 0 aliphatic carbocycles. The predicted octanol–water partition coefficient (Wildman–Crippen LogP) is 8.04. The smallest absolute Gasteiger partial charge is 0.313 e. The highest BCUT2D eigenvalue weighted by atomic mass is 35.5. The molecule has 0 bridgehead atoms. The molecule has 6 heteroatoms. The average molecular weight is 520 g/mol. The summed E-state index contributed by atoms with van der Waals surface area (Å²) in [6.07, 6.45) is 3.13. The molecule has 0 saturated heterocycles. The summed E-state index contributed by atoms with van der Waals surface area (Å²) in [5.74, 6) is 0.445. The van der Waals surface area contributed by atoms with E-state index in [0.29, 0.717) is 30.9 Å². The van der Waals surface area contributed by atoms with Crippen LogP contribution in [0.4, 0.5) is 0 Å². The summed E-state index contributed by atoms with van der Waals surface area (Å²) in [6, 6.07) is 26.0. The quantitative estimate of drug-likeness (QED) is 0.169. The van der Waals surface area contributed by atoms with Gasteiger partial charge in [0, 0.05) is 9.79 Å². The lowest BCUT2D eigenvalue weighted by Crippen LogP contribution is -2.33. The largest absolute Gasteiger partial charge is 0.489 e. The Labute approximate surface area is 222 Å². The van der Waals surface area contributed by atoms with Crippen molar-refractivity contribution in [3.63, 3.8) is 0 Å². The van der Waals surface area contributed by atoms with Crippen molar-refractivity contribution in [1.82, 2.24) is 0 Å². The summed E-state index contributed by atoms with van der Waals surface area (Å²) in [7, 11) is 0. The number of nitrogens with zero attached hydrogens (tertiary/aromatic N) is 1. The van der Waals surface area contributed by atoms with Gasteiger partial charge in [-0.2, -0.15) is 5.26 Å². The Morgan fingerprint density at radius 1 is 1.11 bits per heavy atom. The summed E-state index contributed by atoms with van der Waals surface area (Å²) >= 11 is 8.36. The molecule has 3 rings (SSSR count). The van der Waals surface area contributed by atoms with Gasteiger partial charge in [0.1, 0.15) is 12.4 Å². The van der Waals surface area contributed by atoms with Crippen LogP contribution in [-0.4, -0.2) is 12.6 Å². The van der Waals surface area contributed by atoms with Gasteiger partial charge in [0.2, 0.25) is 0 Å². The minimum Gasteiger partial charge on any atom is -0.489 e. The molecule has 0 aliphatic heterocycles. The number of hydrogen-bond acceptors (Lipinski definition) is 5. The number of rotatable bonds is 13. The highest BCUT2D eigenvalue weighted by molar-refractivity contribution is 7.99. The molecule has 36 heavy (non-hydrogen) atoms. The van der Waals surface area contributed by atoms with Gasteiger partial charge >= 0.3 is 5.97 Å². The maximum atomic E-state index is 12.7. The second-order valence-corrected chi connectivity index (χ2v) is 9.90. The number of halogens is 1. The van der Waals surface area contributed by atoms with E-state index in [1.54, 1.807) is 24.8 Å². The van der Waals surface area contributed by atoms with E-state index in [4.69, 9.17) is 21.1 Å². The van der Waals surface area contributed by atoms with Crippen LogP contribution >= 0.6 is 23.4 Å². The summed E-state index contributed by atoms with van der Waals surface area (Å²) in [5, 5.41) is 10.0. The number of ether oxygens (including phenoxy) is 2. The first-order valence-corrected chi connectivity index (χ1v) is 13.1. The summed E-state index contributed by atoms with van der Waals surface area (Å²) in [5.41, 5.74) is 1.13. The summed E-state index contributed by atoms with van der Waals surface area (Å²) < 4.78 is 11.2. The molecule has 0 aliphatic rings. The van der Waals surface area contributed by atoms with Crippen molar-refractivity contribution < 1.29 is 14.3 Å². The third-order valence-corrected chi connectivity index (χ3v) is 7.50. The molecule has 3 aromatic rings. The highest BCUT2D eigenvalue weighted by Crippen LogP contribution is 2.39. The van der Waals surface area contributed by atoms with Crippen LogP contribution in [0.1, 0.15) is 37.3 Å². The maximum Gasteiger partial charge on any atom is 0.313 e. The number of benzene rings is 3. The molecule has 0 spiro atoms. The molecule has 0 aromatic heterocycles. The topological polar surface area (TPSA) is 59.3 Å².